The highest BCUT2D eigenvalue weighted by Crippen LogP contribution is 2.15. The van der Waals surface area contributed by atoms with Crippen LogP contribution in [0, 0.1) is 0 Å². The maximum Gasteiger partial charge on any atom is 0.254 e. The lowest BCUT2D eigenvalue weighted by atomic mass is 10.1. The fourth-order valence-electron chi connectivity index (χ4n) is 2.82. The Hall–Kier alpha value is -1.92. The number of carbonyl (C=O) groups excluding carboxylic acids is 2. The Morgan fingerprint density at radius 2 is 1.79 bits per heavy atom. The van der Waals surface area contributed by atoms with Crippen LogP contribution in [0.2, 0.25) is 0 Å². The molecule has 2 unspecified atom stereocenters. The van der Waals surface area contributed by atoms with Gasteiger partial charge in [-0.15, -0.1) is 0 Å². The van der Waals surface area contributed by atoms with Crippen molar-refractivity contribution in [3.8, 4) is 0 Å². The van der Waals surface area contributed by atoms with Crippen LogP contribution in [-0.4, -0.2) is 55.6 Å². The molecule has 6 nitrogen and oxygen atoms in total. The standard InChI is InChI=1S/C18H27N3O3/c1-13-11-21(12-14(2)24-13)18(23)16-6-4-15(5-7-16)10-20-17(22)8-9-19-3/h4-7,13-14,19H,8-12H2,1-3H3,(H,20,22). The van der Waals surface area contributed by atoms with E-state index in [0.29, 0.717) is 38.2 Å². The Morgan fingerprint density at radius 1 is 1.17 bits per heavy atom. The van der Waals surface area contributed by atoms with Crippen molar-refractivity contribution in [2.45, 2.75) is 39.0 Å². The number of rotatable bonds is 6. The molecule has 2 rings (SSSR count). The molecule has 0 aliphatic carbocycles. The van der Waals surface area contributed by atoms with Gasteiger partial charge in [-0.05, 0) is 38.6 Å². The van der Waals surface area contributed by atoms with Crippen molar-refractivity contribution in [2.75, 3.05) is 26.7 Å². The van der Waals surface area contributed by atoms with E-state index in [2.05, 4.69) is 10.6 Å². The number of amides is 2. The Balaban J connectivity index is 1.89. The van der Waals surface area contributed by atoms with Gasteiger partial charge in [0.25, 0.3) is 5.91 Å². The molecule has 6 heteroatoms. The highest BCUT2D eigenvalue weighted by molar-refractivity contribution is 5.94. The van der Waals surface area contributed by atoms with Gasteiger partial charge in [-0.2, -0.15) is 0 Å². The summed E-state index contributed by atoms with van der Waals surface area (Å²) in [7, 11) is 1.82. The summed E-state index contributed by atoms with van der Waals surface area (Å²) in [6, 6.07) is 7.42. The maximum absolute atomic E-state index is 12.6. The van der Waals surface area contributed by atoms with E-state index < -0.39 is 0 Å². The first kappa shape index (κ1) is 18.4. The molecule has 1 aromatic carbocycles. The summed E-state index contributed by atoms with van der Waals surface area (Å²) in [5.41, 5.74) is 1.65. The molecule has 2 N–H and O–H groups in total. The van der Waals surface area contributed by atoms with Crippen molar-refractivity contribution < 1.29 is 14.3 Å². The smallest absolute Gasteiger partial charge is 0.254 e. The van der Waals surface area contributed by atoms with Gasteiger partial charge in [0.2, 0.25) is 5.91 Å². The highest BCUT2D eigenvalue weighted by Gasteiger charge is 2.26. The van der Waals surface area contributed by atoms with Crippen molar-refractivity contribution in [2.24, 2.45) is 0 Å². The molecule has 1 saturated heterocycles. The Bertz CT molecular complexity index is 549. The number of morpholine rings is 1. The summed E-state index contributed by atoms with van der Waals surface area (Å²) in [5.74, 6) is 0.0439. The van der Waals surface area contributed by atoms with Gasteiger partial charge in [0.15, 0.2) is 0 Å². The third kappa shape index (κ3) is 5.32. The minimum absolute atomic E-state index is 0.0146. The molecule has 24 heavy (non-hydrogen) atoms. The van der Waals surface area contributed by atoms with E-state index in [9.17, 15) is 9.59 Å². The van der Waals surface area contributed by atoms with Crippen molar-refractivity contribution in [1.29, 1.82) is 0 Å². The summed E-state index contributed by atoms with van der Waals surface area (Å²) in [4.78, 5) is 26.0. The van der Waals surface area contributed by atoms with Gasteiger partial charge in [0.1, 0.15) is 0 Å². The minimum Gasteiger partial charge on any atom is -0.372 e. The first-order valence-electron chi connectivity index (χ1n) is 8.44. The summed E-state index contributed by atoms with van der Waals surface area (Å²) in [6.45, 7) is 6.34. The van der Waals surface area contributed by atoms with Crippen molar-refractivity contribution in [3.63, 3.8) is 0 Å². The topological polar surface area (TPSA) is 70.7 Å². The SMILES string of the molecule is CNCCC(=O)NCc1ccc(C(=O)N2CC(C)OC(C)C2)cc1. The molecule has 0 radical (unpaired) electrons. The number of hydrogen-bond donors (Lipinski definition) is 2. The van der Waals surface area contributed by atoms with Gasteiger partial charge in [0, 0.05) is 38.2 Å². The number of ether oxygens (including phenoxy) is 1. The predicted molar refractivity (Wildman–Crippen MR) is 92.7 cm³/mol. The average Bonchev–Trinajstić information content (AvgIpc) is 2.57. The van der Waals surface area contributed by atoms with Gasteiger partial charge in [-0.25, -0.2) is 0 Å². The van der Waals surface area contributed by atoms with Crippen LogP contribution in [0.25, 0.3) is 0 Å². The van der Waals surface area contributed by atoms with Crippen LogP contribution in [0.3, 0.4) is 0 Å². The zero-order valence-corrected chi connectivity index (χ0v) is 14.7. The van der Waals surface area contributed by atoms with E-state index in [1.807, 2.05) is 50.1 Å². The van der Waals surface area contributed by atoms with E-state index in [1.165, 1.54) is 0 Å². The van der Waals surface area contributed by atoms with Gasteiger partial charge >= 0.3 is 0 Å². The fraction of sp³-hybridized carbons (Fsp3) is 0.556. The van der Waals surface area contributed by atoms with Crippen LogP contribution < -0.4 is 10.6 Å². The number of nitrogens with zero attached hydrogens (tertiary/aromatic N) is 1. The summed E-state index contributed by atoms with van der Waals surface area (Å²) in [6.07, 6.45) is 0.579. The highest BCUT2D eigenvalue weighted by atomic mass is 16.5. The van der Waals surface area contributed by atoms with Gasteiger partial charge in [0.05, 0.1) is 12.2 Å². The summed E-state index contributed by atoms with van der Waals surface area (Å²) in [5, 5.41) is 5.81. The van der Waals surface area contributed by atoms with Crippen molar-refractivity contribution in [1.82, 2.24) is 15.5 Å². The summed E-state index contributed by atoms with van der Waals surface area (Å²) < 4.78 is 5.67. The quantitative estimate of drug-likeness (QED) is 0.820. The maximum atomic E-state index is 12.6. The second-order valence-electron chi connectivity index (χ2n) is 6.29. The molecular formula is C18H27N3O3. The van der Waals surface area contributed by atoms with E-state index in [4.69, 9.17) is 4.74 Å². The zero-order chi connectivity index (χ0) is 17.5. The second-order valence-corrected chi connectivity index (χ2v) is 6.29. The lowest BCUT2D eigenvalue weighted by molar-refractivity contribution is -0.121. The lowest BCUT2D eigenvalue weighted by Gasteiger charge is -2.35. The fourth-order valence-corrected chi connectivity index (χ4v) is 2.82. The predicted octanol–water partition coefficient (Wildman–Crippen LogP) is 1.16. The molecule has 0 aromatic heterocycles. The minimum atomic E-state index is 0.0146. The number of nitrogens with one attached hydrogen (secondary N) is 2. The molecule has 1 heterocycles. The second kappa shape index (κ2) is 8.80. The Labute approximate surface area is 143 Å². The molecule has 2 amide bonds. The Morgan fingerprint density at radius 3 is 2.38 bits per heavy atom. The van der Waals surface area contributed by atoms with Crippen molar-refractivity contribution >= 4 is 11.8 Å². The van der Waals surface area contributed by atoms with E-state index >= 15 is 0 Å². The molecule has 0 spiro atoms. The number of benzene rings is 1. The van der Waals surface area contributed by atoms with Gasteiger partial charge in [-0.1, -0.05) is 12.1 Å². The van der Waals surface area contributed by atoms with Crippen LogP contribution in [0.1, 0.15) is 36.2 Å². The molecule has 1 aliphatic rings. The normalized spacial score (nSPS) is 20.7. The molecule has 2 atom stereocenters. The molecular weight excluding hydrogens is 306 g/mol. The molecule has 1 aromatic rings. The third-order valence-electron chi connectivity index (χ3n) is 4.00. The molecule has 0 bridgehead atoms. The Kier molecular flexibility index (Phi) is 6.75. The van der Waals surface area contributed by atoms with Crippen LogP contribution in [0.4, 0.5) is 0 Å². The molecule has 1 fully saturated rings. The summed E-state index contributed by atoms with van der Waals surface area (Å²) >= 11 is 0. The lowest BCUT2D eigenvalue weighted by Crippen LogP contribution is -2.48. The molecule has 1 aliphatic heterocycles. The molecule has 0 saturated carbocycles. The van der Waals surface area contributed by atoms with E-state index in [0.717, 1.165) is 5.56 Å². The van der Waals surface area contributed by atoms with Crippen LogP contribution in [-0.2, 0) is 16.1 Å². The van der Waals surface area contributed by atoms with E-state index in [-0.39, 0.29) is 24.0 Å². The van der Waals surface area contributed by atoms with Crippen LogP contribution in [0.5, 0.6) is 0 Å². The average molecular weight is 333 g/mol. The van der Waals surface area contributed by atoms with Crippen LogP contribution >= 0.6 is 0 Å². The van der Waals surface area contributed by atoms with Gasteiger partial charge < -0.3 is 20.3 Å². The van der Waals surface area contributed by atoms with Gasteiger partial charge in [-0.3, -0.25) is 9.59 Å². The third-order valence-corrected chi connectivity index (χ3v) is 4.00. The van der Waals surface area contributed by atoms with E-state index in [1.54, 1.807) is 0 Å². The first-order valence-corrected chi connectivity index (χ1v) is 8.44. The zero-order valence-electron chi connectivity index (χ0n) is 14.7. The molecule has 132 valence electrons. The number of hydrogen-bond acceptors (Lipinski definition) is 4. The van der Waals surface area contributed by atoms with Crippen molar-refractivity contribution in [3.05, 3.63) is 35.4 Å². The number of carbonyl (C=O) groups is 2. The van der Waals surface area contributed by atoms with Crippen LogP contribution in [0.15, 0.2) is 24.3 Å². The largest absolute Gasteiger partial charge is 0.372 e. The first-order chi connectivity index (χ1) is 11.5. The monoisotopic (exact) mass is 333 g/mol.